The van der Waals surface area contributed by atoms with Crippen molar-refractivity contribution in [2.75, 3.05) is 18.4 Å². The first-order valence-corrected chi connectivity index (χ1v) is 12.3. The Kier molecular flexibility index (Phi) is 7.75. The maximum absolute atomic E-state index is 14.3. The van der Waals surface area contributed by atoms with E-state index in [2.05, 4.69) is 10.6 Å². The van der Waals surface area contributed by atoms with E-state index < -0.39 is 50.6 Å². The highest BCUT2D eigenvalue weighted by atomic mass is 32.2. The van der Waals surface area contributed by atoms with Crippen molar-refractivity contribution in [3.8, 4) is 0 Å². The Bertz CT molecular complexity index is 1220. The number of piperidine rings is 1. The van der Waals surface area contributed by atoms with Crippen molar-refractivity contribution in [2.24, 2.45) is 0 Å². The summed E-state index contributed by atoms with van der Waals surface area (Å²) in [5.41, 5.74) is -1.36. The number of ether oxygens (including phenoxy) is 1. The van der Waals surface area contributed by atoms with Crippen LogP contribution in [0, 0.1) is 17.5 Å². The summed E-state index contributed by atoms with van der Waals surface area (Å²) in [4.78, 5) is 24.2. The number of hydrogen-bond donors (Lipinski definition) is 2. The minimum atomic E-state index is -4.07. The van der Waals surface area contributed by atoms with Crippen LogP contribution in [0.25, 0.3) is 0 Å². The van der Waals surface area contributed by atoms with E-state index in [-0.39, 0.29) is 29.7 Å². The molecule has 1 heterocycles. The van der Waals surface area contributed by atoms with Crippen molar-refractivity contribution in [3.05, 3.63) is 59.4 Å². The van der Waals surface area contributed by atoms with Crippen LogP contribution in [0.15, 0.2) is 41.3 Å². The SMILES string of the molecule is CC(C)(C)OC(=O)NC1CCN(S(=O)(=O)c2ccc(F)c(C(=O)Nc3ccc(F)c(F)c3)c2)CC1. The zero-order valence-corrected chi connectivity index (χ0v) is 20.2. The lowest BCUT2D eigenvalue weighted by Crippen LogP contribution is -2.47. The summed E-state index contributed by atoms with van der Waals surface area (Å²) in [5, 5.41) is 4.93. The van der Waals surface area contributed by atoms with E-state index in [1.165, 1.54) is 4.31 Å². The summed E-state index contributed by atoms with van der Waals surface area (Å²) in [5.74, 6) is -4.33. The molecule has 2 amide bonds. The van der Waals surface area contributed by atoms with Crippen LogP contribution in [-0.2, 0) is 14.8 Å². The van der Waals surface area contributed by atoms with Crippen molar-refractivity contribution in [1.82, 2.24) is 9.62 Å². The number of alkyl carbamates (subject to hydrolysis) is 1. The molecule has 1 fully saturated rings. The number of carbonyl (C=O) groups is 2. The molecule has 8 nitrogen and oxygen atoms in total. The second kappa shape index (κ2) is 10.2. The predicted octanol–water partition coefficient (Wildman–Crippen LogP) is 4.03. The van der Waals surface area contributed by atoms with Crippen LogP contribution in [0.2, 0.25) is 0 Å². The fourth-order valence-corrected chi connectivity index (χ4v) is 4.97. The van der Waals surface area contributed by atoms with Gasteiger partial charge in [-0.2, -0.15) is 4.31 Å². The molecular formula is C23H26F3N3O5S. The monoisotopic (exact) mass is 513 g/mol. The van der Waals surface area contributed by atoms with Gasteiger partial charge in [0, 0.05) is 30.9 Å². The number of sulfonamides is 1. The number of hydrogen-bond acceptors (Lipinski definition) is 5. The van der Waals surface area contributed by atoms with Gasteiger partial charge in [-0.25, -0.2) is 26.4 Å². The van der Waals surface area contributed by atoms with Gasteiger partial charge in [-0.15, -0.1) is 0 Å². The molecule has 0 atom stereocenters. The van der Waals surface area contributed by atoms with Gasteiger partial charge in [-0.3, -0.25) is 4.79 Å². The molecule has 2 aromatic rings. The lowest BCUT2D eigenvalue weighted by molar-refractivity contribution is 0.0489. The Hall–Kier alpha value is -3.12. The number of halogens is 3. The van der Waals surface area contributed by atoms with E-state index in [4.69, 9.17) is 4.74 Å². The van der Waals surface area contributed by atoms with Crippen molar-refractivity contribution in [2.45, 2.75) is 50.2 Å². The normalized spacial score (nSPS) is 15.5. The predicted molar refractivity (Wildman–Crippen MR) is 122 cm³/mol. The smallest absolute Gasteiger partial charge is 0.407 e. The highest BCUT2D eigenvalue weighted by molar-refractivity contribution is 7.89. The summed E-state index contributed by atoms with van der Waals surface area (Å²) in [6.07, 6.45) is 0.0840. The second-order valence-electron chi connectivity index (χ2n) is 9.05. The standard InChI is InChI=1S/C23H26F3N3O5S/c1-23(2,3)34-22(31)28-14-8-10-29(11-9-14)35(32,33)16-5-7-18(24)17(13-16)21(30)27-15-4-6-19(25)20(26)12-15/h4-7,12-14H,8-11H2,1-3H3,(H,27,30)(H,28,31). The first kappa shape index (κ1) is 26.5. The van der Waals surface area contributed by atoms with E-state index in [0.717, 1.165) is 36.4 Å². The van der Waals surface area contributed by atoms with E-state index in [1.54, 1.807) is 20.8 Å². The number of carbonyl (C=O) groups excluding carboxylic acids is 2. The third-order valence-corrected chi connectivity index (χ3v) is 7.07. The summed E-state index contributed by atoms with van der Waals surface area (Å²) in [6.45, 7) is 5.39. The summed E-state index contributed by atoms with van der Waals surface area (Å²) < 4.78 is 73.4. The van der Waals surface area contributed by atoms with Crippen molar-refractivity contribution in [3.63, 3.8) is 0 Å². The maximum atomic E-state index is 14.3. The molecule has 0 spiro atoms. The topological polar surface area (TPSA) is 105 Å². The average molecular weight is 514 g/mol. The van der Waals surface area contributed by atoms with Gasteiger partial charge < -0.3 is 15.4 Å². The van der Waals surface area contributed by atoms with E-state index in [0.29, 0.717) is 12.8 Å². The fourth-order valence-electron chi connectivity index (χ4n) is 3.47. The number of amides is 2. The second-order valence-corrected chi connectivity index (χ2v) is 11.0. The number of nitrogens with zero attached hydrogens (tertiary/aromatic N) is 1. The Labute approximate surface area is 201 Å². The van der Waals surface area contributed by atoms with Gasteiger partial charge in [-0.1, -0.05) is 0 Å². The molecule has 190 valence electrons. The molecule has 0 saturated carbocycles. The molecule has 0 aliphatic carbocycles. The highest BCUT2D eigenvalue weighted by Gasteiger charge is 2.31. The Morgan fingerprint density at radius 1 is 0.971 bits per heavy atom. The van der Waals surface area contributed by atoms with E-state index >= 15 is 0 Å². The van der Waals surface area contributed by atoms with Crippen molar-refractivity contribution in [1.29, 1.82) is 0 Å². The maximum Gasteiger partial charge on any atom is 0.407 e. The van der Waals surface area contributed by atoms with E-state index in [1.807, 2.05) is 0 Å². The van der Waals surface area contributed by atoms with Gasteiger partial charge in [0.15, 0.2) is 11.6 Å². The first-order valence-electron chi connectivity index (χ1n) is 10.8. The zero-order valence-electron chi connectivity index (χ0n) is 19.4. The van der Waals surface area contributed by atoms with Crippen molar-refractivity contribution >= 4 is 27.7 Å². The molecule has 0 aromatic heterocycles. The number of anilines is 1. The number of rotatable bonds is 5. The summed E-state index contributed by atoms with van der Waals surface area (Å²) >= 11 is 0. The van der Waals surface area contributed by atoms with Gasteiger partial charge in [0.1, 0.15) is 11.4 Å². The van der Waals surface area contributed by atoms with Gasteiger partial charge >= 0.3 is 6.09 Å². The van der Waals surface area contributed by atoms with Crippen LogP contribution in [0.5, 0.6) is 0 Å². The molecule has 12 heteroatoms. The lowest BCUT2D eigenvalue weighted by Gasteiger charge is -2.32. The lowest BCUT2D eigenvalue weighted by atomic mass is 10.1. The molecule has 1 aliphatic rings. The van der Waals surface area contributed by atoms with Crippen molar-refractivity contribution < 1.29 is 35.9 Å². The quantitative estimate of drug-likeness (QED) is 0.628. The molecular weight excluding hydrogens is 487 g/mol. The summed E-state index contributed by atoms with van der Waals surface area (Å²) in [6, 6.07) is 5.12. The third-order valence-electron chi connectivity index (χ3n) is 5.17. The van der Waals surface area contributed by atoms with Crippen LogP contribution in [0.4, 0.5) is 23.7 Å². The molecule has 0 unspecified atom stereocenters. The third kappa shape index (κ3) is 6.73. The molecule has 35 heavy (non-hydrogen) atoms. The Morgan fingerprint density at radius 2 is 1.60 bits per heavy atom. The minimum absolute atomic E-state index is 0.0938. The van der Waals surface area contributed by atoms with Gasteiger partial charge in [-0.05, 0) is 63.9 Å². The zero-order chi connectivity index (χ0) is 26.0. The molecule has 0 bridgehead atoms. The van der Waals surface area contributed by atoms with E-state index in [9.17, 15) is 31.2 Å². The summed E-state index contributed by atoms with van der Waals surface area (Å²) in [7, 11) is -4.07. The first-order chi connectivity index (χ1) is 16.3. The molecule has 2 aromatic carbocycles. The number of benzene rings is 2. The average Bonchev–Trinajstić information content (AvgIpc) is 2.75. The van der Waals surface area contributed by atoms with Gasteiger partial charge in [0.2, 0.25) is 10.0 Å². The Morgan fingerprint density at radius 3 is 2.20 bits per heavy atom. The van der Waals surface area contributed by atoms with Crippen LogP contribution < -0.4 is 10.6 Å². The molecule has 1 aliphatic heterocycles. The van der Waals surface area contributed by atoms with Gasteiger partial charge in [0.05, 0.1) is 10.5 Å². The molecule has 2 N–H and O–H groups in total. The minimum Gasteiger partial charge on any atom is -0.444 e. The van der Waals surface area contributed by atoms with Crippen LogP contribution in [0.3, 0.4) is 0 Å². The molecule has 3 rings (SSSR count). The molecule has 1 saturated heterocycles. The fraction of sp³-hybridized carbons (Fsp3) is 0.391. The van der Waals surface area contributed by atoms with Crippen LogP contribution in [0.1, 0.15) is 44.0 Å². The number of nitrogens with one attached hydrogen (secondary N) is 2. The largest absolute Gasteiger partial charge is 0.444 e. The van der Waals surface area contributed by atoms with Crippen LogP contribution in [-0.4, -0.2) is 49.5 Å². The highest BCUT2D eigenvalue weighted by Crippen LogP contribution is 2.24. The van der Waals surface area contributed by atoms with Gasteiger partial charge in [0.25, 0.3) is 5.91 Å². The van der Waals surface area contributed by atoms with Crippen LogP contribution >= 0.6 is 0 Å². The Balaban J connectivity index is 1.69. The molecule has 0 radical (unpaired) electrons.